The second-order valence-corrected chi connectivity index (χ2v) is 8.39. The third-order valence-electron chi connectivity index (χ3n) is 5.65. The molecular formula is C22H26N2O4. The number of nitrogens with one attached hydrogen (secondary N) is 2. The van der Waals surface area contributed by atoms with E-state index in [0.717, 1.165) is 16.9 Å². The van der Waals surface area contributed by atoms with Crippen LogP contribution in [0.5, 0.6) is 17.2 Å². The standard InChI is InChI=1S/C22H26N2O4/c1-13-18(25)10-9-16-17(14-5-7-15(27-4)8-6-14)11-22(28-19(13)16)12-21(2,3)23-20(26)24-22/h5-10,17,25H,11-12H2,1-4H3,(H2,23,24,26)/t17-,22-/m1/s1. The lowest BCUT2D eigenvalue weighted by atomic mass is 9.76. The Morgan fingerprint density at radius 3 is 2.50 bits per heavy atom. The number of carbonyl (C=O) groups is 1. The Hall–Kier alpha value is -2.89. The van der Waals surface area contributed by atoms with Crippen LogP contribution >= 0.6 is 0 Å². The summed E-state index contributed by atoms with van der Waals surface area (Å²) in [4.78, 5) is 12.4. The van der Waals surface area contributed by atoms with E-state index < -0.39 is 11.3 Å². The Morgan fingerprint density at radius 2 is 1.86 bits per heavy atom. The van der Waals surface area contributed by atoms with Crippen molar-refractivity contribution in [2.24, 2.45) is 0 Å². The molecular weight excluding hydrogens is 356 g/mol. The maximum atomic E-state index is 12.4. The first kappa shape index (κ1) is 18.5. The van der Waals surface area contributed by atoms with Gasteiger partial charge >= 0.3 is 6.03 Å². The highest BCUT2D eigenvalue weighted by atomic mass is 16.5. The van der Waals surface area contributed by atoms with Crippen LogP contribution in [-0.4, -0.2) is 29.5 Å². The number of carbonyl (C=O) groups excluding carboxylic acids is 1. The average molecular weight is 382 g/mol. The topological polar surface area (TPSA) is 79.8 Å². The molecule has 2 aromatic carbocycles. The van der Waals surface area contributed by atoms with Gasteiger partial charge in [0.25, 0.3) is 0 Å². The van der Waals surface area contributed by atoms with Gasteiger partial charge in [0.2, 0.25) is 0 Å². The number of urea groups is 1. The molecule has 2 heterocycles. The van der Waals surface area contributed by atoms with E-state index >= 15 is 0 Å². The molecule has 0 unspecified atom stereocenters. The number of ether oxygens (including phenoxy) is 2. The lowest BCUT2D eigenvalue weighted by Crippen LogP contribution is -2.69. The van der Waals surface area contributed by atoms with Crippen molar-refractivity contribution in [1.82, 2.24) is 10.6 Å². The number of hydrogen-bond acceptors (Lipinski definition) is 4. The fourth-order valence-corrected chi connectivity index (χ4v) is 4.46. The van der Waals surface area contributed by atoms with Crippen molar-refractivity contribution < 1.29 is 19.4 Å². The Morgan fingerprint density at radius 1 is 1.14 bits per heavy atom. The van der Waals surface area contributed by atoms with Crippen LogP contribution in [0.25, 0.3) is 0 Å². The lowest BCUT2D eigenvalue weighted by molar-refractivity contribution is -0.0241. The van der Waals surface area contributed by atoms with Crippen molar-refractivity contribution in [3.8, 4) is 17.2 Å². The second-order valence-electron chi connectivity index (χ2n) is 8.39. The minimum atomic E-state index is -0.845. The van der Waals surface area contributed by atoms with Crippen LogP contribution in [0.4, 0.5) is 4.79 Å². The zero-order valence-corrected chi connectivity index (χ0v) is 16.6. The zero-order valence-electron chi connectivity index (χ0n) is 16.6. The van der Waals surface area contributed by atoms with Crippen LogP contribution < -0.4 is 20.1 Å². The number of hydrogen-bond donors (Lipinski definition) is 3. The molecule has 2 aliphatic rings. The monoisotopic (exact) mass is 382 g/mol. The lowest BCUT2D eigenvalue weighted by Gasteiger charge is -2.49. The SMILES string of the molecule is COc1ccc([C@H]2C[C@]3(CC(C)(C)NC(=O)N3)Oc3c2ccc(O)c3C)cc1. The molecule has 6 nitrogen and oxygen atoms in total. The third kappa shape index (κ3) is 3.13. The van der Waals surface area contributed by atoms with Gasteiger partial charge in [-0.25, -0.2) is 4.79 Å². The van der Waals surface area contributed by atoms with Crippen molar-refractivity contribution in [2.75, 3.05) is 7.11 Å². The van der Waals surface area contributed by atoms with Crippen molar-refractivity contribution in [1.29, 1.82) is 0 Å². The number of rotatable bonds is 2. The predicted octanol–water partition coefficient (Wildman–Crippen LogP) is 3.80. The molecule has 4 rings (SSSR count). The maximum Gasteiger partial charge on any atom is 0.318 e. The largest absolute Gasteiger partial charge is 0.508 e. The summed E-state index contributed by atoms with van der Waals surface area (Å²) in [6.07, 6.45) is 1.21. The van der Waals surface area contributed by atoms with Crippen molar-refractivity contribution in [3.63, 3.8) is 0 Å². The molecule has 2 atom stereocenters. The number of aromatic hydroxyl groups is 1. The van der Waals surface area contributed by atoms with E-state index in [9.17, 15) is 9.90 Å². The first-order valence-corrected chi connectivity index (χ1v) is 9.48. The smallest absolute Gasteiger partial charge is 0.318 e. The van der Waals surface area contributed by atoms with Crippen LogP contribution in [0, 0.1) is 6.92 Å². The summed E-state index contributed by atoms with van der Waals surface area (Å²) in [5.41, 5.74) is 1.55. The Balaban J connectivity index is 1.83. The molecule has 2 aromatic rings. The van der Waals surface area contributed by atoms with Gasteiger partial charge in [-0.2, -0.15) is 0 Å². The highest BCUT2D eigenvalue weighted by Gasteiger charge is 2.50. The van der Waals surface area contributed by atoms with Crippen LogP contribution in [0.15, 0.2) is 36.4 Å². The highest BCUT2D eigenvalue weighted by Crippen LogP contribution is 2.49. The molecule has 28 heavy (non-hydrogen) atoms. The van der Waals surface area contributed by atoms with Crippen molar-refractivity contribution >= 4 is 6.03 Å². The first-order valence-electron chi connectivity index (χ1n) is 9.48. The fraction of sp³-hybridized carbons (Fsp3) is 0.409. The number of fused-ring (bicyclic) bond motifs is 1. The van der Waals surface area contributed by atoms with Crippen molar-refractivity contribution in [2.45, 2.75) is 50.8 Å². The molecule has 0 saturated carbocycles. The van der Waals surface area contributed by atoms with Crippen molar-refractivity contribution in [3.05, 3.63) is 53.1 Å². The van der Waals surface area contributed by atoms with Crippen LogP contribution in [0.2, 0.25) is 0 Å². The predicted molar refractivity (Wildman–Crippen MR) is 106 cm³/mol. The van der Waals surface area contributed by atoms with Crippen LogP contribution in [0.1, 0.15) is 49.3 Å². The number of methoxy groups -OCH3 is 1. The van der Waals surface area contributed by atoms with E-state index in [0.29, 0.717) is 24.2 Å². The van der Waals surface area contributed by atoms with Crippen LogP contribution in [0.3, 0.4) is 0 Å². The molecule has 1 spiro atoms. The molecule has 0 aromatic heterocycles. The van der Waals surface area contributed by atoms with E-state index in [2.05, 4.69) is 10.6 Å². The minimum absolute atomic E-state index is 0.0168. The average Bonchev–Trinajstić information content (AvgIpc) is 2.63. The number of benzene rings is 2. The van der Waals surface area contributed by atoms with Gasteiger partial charge in [-0.05, 0) is 44.5 Å². The third-order valence-corrected chi connectivity index (χ3v) is 5.65. The van der Waals surface area contributed by atoms with Gasteiger partial charge in [-0.3, -0.25) is 0 Å². The molecule has 6 heteroatoms. The molecule has 0 bridgehead atoms. The summed E-state index contributed by atoms with van der Waals surface area (Å²) >= 11 is 0. The van der Waals surface area contributed by atoms with E-state index in [1.165, 1.54) is 0 Å². The molecule has 2 aliphatic heterocycles. The molecule has 0 aliphatic carbocycles. The molecule has 3 N–H and O–H groups in total. The highest BCUT2D eigenvalue weighted by molar-refractivity contribution is 5.77. The van der Waals surface area contributed by atoms with Gasteiger partial charge in [-0.1, -0.05) is 18.2 Å². The summed E-state index contributed by atoms with van der Waals surface area (Å²) in [6, 6.07) is 11.3. The van der Waals surface area contributed by atoms with Gasteiger partial charge in [0.15, 0.2) is 5.72 Å². The summed E-state index contributed by atoms with van der Waals surface area (Å²) in [6.45, 7) is 5.82. The Bertz CT molecular complexity index is 923. The van der Waals surface area contributed by atoms with Gasteiger partial charge in [-0.15, -0.1) is 0 Å². The second kappa shape index (κ2) is 6.33. The van der Waals surface area contributed by atoms with E-state index in [-0.39, 0.29) is 17.7 Å². The zero-order chi connectivity index (χ0) is 20.1. The summed E-state index contributed by atoms with van der Waals surface area (Å²) in [7, 11) is 1.65. The normalized spacial score (nSPS) is 25.3. The minimum Gasteiger partial charge on any atom is -0.508 e. The Kier molecular flexibility index (Phi) is 4.17. The number of phenolic OH excluding ortho intramolecular Hbond substituents is 1. The number of phenols is 1. The first-order chi connectivity index (χ1) is 13.2. The summed E-state index contributed by atoms with van der Waals surface area (Å²) in [5, 5.41) is 16.2. The van der Waals surface area contributed by atoms with E-state index in [4.69, 9.17) is 9.47 Å². The van der Waals surface area contributed by atoms with Gasteiger partial charge in [0.1, 0.15) is 17.2 Å². The van der Waals surface area contributed by atoms with Gasteiger partial charge in [0, 0.05) is 35.4 Å². The van der Waals surface area contributed by atoms with E-state index in [1.807, 2.05) is 51.1 Å². The molecule has 0 radical (unpaired) electrons. The quantitative estimate of drug-likeness (QED) is 0.738. The summed E-state index contributed by atoms with van der Waals surface area (Å²) < 4.78 is 11.7. The maximum absolute atomic E-state index is 12.4. The number of amides is 2. The van der Waals surface area contributed by atoms with E-state index in [1.54, 1.807) is 13.2 Å². The molecule has 148 valence electrons. The Labute approximate surface area is 164 Å². The van der Waals surface area contributed by atoms with Gasteiger partial charge < -0.3 is 25.2 Å². The molecule has 1 saturated heterocycles. The fourth-order valence-electron chi connectivity index (χ4n) is 4.46. The summed E-state index contributed by atoms with van der Waals surface area (Å²) in [5.74, 6) is 1.64. The molecule has 1 fully saturated rings. The van der Waals surface area contributed by atoms with Crippen LogP contribution in [-0.2, 0) is 0 Å². The molecule has 2 amide bonds. The van der Waals surface area contributed by atoms with Gasteiger partial charge in [0.05, 0.1) is 7.11 Å².